The first kappa shape index (κ1) is 14.3. The van der Waals surface area contributed by atoms with E-state index in [1.807, 2.05) is 10.6 Å². The number of hydrogen-bond donors (Lipinski definition) is 0. The maximum atomic E-state index is 13.8. The molecule has 104 valence electrons. The topological polar surface area (TPSA) is 27.1 Å². The molecule has 0 radical (unpaired) electrons. The summed E-state index contributed by atoms with van der Waals surface area (Å²) >= 11 is 5.96. The summed E-state index contributed by atoms with van der Waals surface area (Å²) in [7, 11) is 1.66. The van der Waals surface area contributed by atoms with Crippen LogP contribution in [0.2, 0.25) is 0 Å². The van der Waals surface area contributed by atoms with Crippen LogP contribution < -0.4 is 0 Å². The van der Waals surface area contributed by atoms with E-state index in [2.05, 4.69) is 18.8 Å². The number of fused-ring (bicyclic) bond motifs is 1. The third-order valence-electron chi connectivity index (χ3n) is 3.30. The fraction of sp³-hybridized carbons (Fsp3) is 0.500. The van der Waals surface area contributed by atoms with Crippen LogP contribution in [0, 0.1) is 11.7 Å². The van der Waals surface area contributed by atoms with Crippen molar-refractivity contribution in [3.05, 3.63) is 29.8 Å². The molecule has 5 heteroatoms. The average Bonchev–Trinajstić information content (AvgIpc) is 2.75. The number of alkyl halides is 1. The van der Waals surface area contributed by atoms with Crippen LogP contribution in [-0.2, 0) is 10.6 Å². The Morgan fingerprint density at radius 3 is 2.74 bits per heavy atom. The van der Waals surface area contributed by atoms with Gasteiger partial charge in [0, 0.05) is 7.11 Å². The molecular formula is C14H18ClFN2O. The molecule has 0 aliphatic rings. The van der Waals surface area contributed by atoms with Crippen molar-refractivity contribution >= 4 is 22.6 Å². The van der Waals surface area contributed by atoms with Gasteiger partial charge in [-0.3, -0.25) is 0 Å². The van der Waals surface area contributed by atoms with Gasteiger partial charge in [-0.2, -0.15) is 0 Å². The SMILES string of the molecule is COCC(C(C)C)n1c(CCl)nc2c(F)cccc21. The van der Waals surface area contributed by atoms with Gasteiger partial charge in [0.25, 0.3) is 0 Å². The molecule has 0 aliphatic carbocycles. The molecule has 0 saturated carbocycles. The Labute approximate surface area is 117 Å². The van der Waals surface area contributed by atoms with Crippen molar-refractivity contribution in [1.29, 1.82) is 0 Å². The molecule has 2 rings (SSSR count). The number of para-hydroxylation sites is 1. The predicted molar refractivity (Wildman–Crippen MR) is 75.0 cm³/mol. The van der Waals surface area contributed by atoms with Crippen LogP contribution in [0.25, 0.3) is 11.0 Å². The molecule has 0 saturated heterocycles. The second-order valence-corrected chi connectivity index (χ2v) is 5.17. The van der Waals surface area contributed by atoms with E-state index in [4.69, 9.17) is 16.3 Å². The average molecular weight is 285 g/mol. The summed E-state index contributed by atoms with van der Waals surface area (Å²) in [5.41, 5.74) is 1.14. The lowest BCUT2D eigenvalue weighted by atomic mass is 10.0. The molecule has 2 aromatic rings. The second-order valence-electron chi connectivity index (χ2n) is 4.91. The molecule has 0 amide bonds. The first-order chi connectivity index (χ1) is 9.10. The van der Waals surface area contributed by atoms with E-state index in [0.29, 0.717) is 23.9 Å². The summed E-state index contributed by atoms with van der Waals surface area (Å²) in [4.78, 5) is 4.32. The molecule has 1 heterocycles. The van der Waals surface area contributed by atoms with Crippen LogP contribution in [0.15, 0.2) is 18.2 Å². The van der Waals surface area contributed by atoms with Gasteiger partial charge in [-0.25, -0.2) is 9.37 Å². The fourth-order valence-corrected chi connectivity index (χ4v) is 2.52. The minimum Gasteiger partial charge on any atom is -0.383 e. The predicted octanol–water partition coefficient (Wildman–Crippen LogP) is 3.76. The molecular weight excluding hydrogens is 267 g/mol. The number of halogens is 2. The van der Waals surface area contributed by atoms with Crippen LogP contribution in [0.5, 0.6) is 0 Å². The van der Waals surface area contributed by atoms with E-state index in [0.717, 1.165) is 5.52 Å². The second kappa shape index (κ2) is 5.88. The number of aromatic nitrogens is 2. The molecule has 0 fully saturated rings. The molecule has 0 bridgehead atoms. The Morgan fingerprint density at radius 1 is 1.42 bits per heavy atom. The summed E-state index contributed by atoms with van der Waals surface area (Å²) in [5.74, 6) is 0.948. The monoisotopic (exact) mass is 284 g/mol. The molecule has 19 heavy (non-hydrogen) atoms. The summed E-state index contributed by atoms with van der Waals surface area (Å²) in [6, 6.07) is 5.06. The maximum absolute atomic E-state index is 13.8. The van der Waals surface area contributed by atoms with E-state index in [1.165, 1.54) is 6.07 Å². The maximum Gasteiger partial charge on any atom is 0.151 e. The first-order valence-corrected chi connectivity index (χ1v) is 6.83. The molecule has 3 nitrogen and oxygen atoms in total. The van der Waals surface area contributed by atoms with Crippen LogP contribution in [0.3, 0.4) is 0 Å². The number of ether oxygens (including phenoxy) is 1. The van der Waals surface area contributed by atoms with Gasteiger partial charge in [-0.1, -0.05) is 19.9 Å². The Balaban J connectivity index is 2.65. The summed E-state index contributed by atoms with van der Waals surface area (Å²) < 4.78 is 21.1. The lowest BCUT2D eigenvalue weighted by Gasteiger charge is -2.24. The normalized spacial score (nSPS) is 13.4. The Bertz CT molecular complexity index is 568. The highest BCUT2D eigenvalue weighted by Gasteiger charge is 2.22. The van der Waals surface area contributed by atoms with E-state index in [9.17, 15) is 4.39 Å². The van der Waals surface area contributed by atoms with Crippen LogP contribution in [-0.4, -0.2) is 23.3 Å². The standard InChI is InChI=1S/C14H18ClFN2O/c1-9(2)12(8-19-3)18-11-6-4-5-10(16)14(11)17-13(18)7-15/h4-6,9,12H,7-8H2,1-3H3. The third-order valence-corrected chi connectivity index (χ3v) is 3.54. The summed E-state index contributed by atoms with van der Waals surface area (Å²) in [6.07, 6.45) is 0. The highest BCUT2D eigenvalue weighted by molar-refractivity contribution is 6.16. The van der Waals surface area contributed by atoms with Gasteiger partial charge in [0.2, 0.25) is 0 Å². The van der Waals surface area contributed by atoms with Gasteiger partial charge >= 0.3 is 0 Å². The van der Waals surface area contributed by atoms with E-state index >= 15 is 0 Å². The fourth-order valence-electron chi connectivity index (χ4n) is 2.33. The molecule has 0 aliphatic heterocycles. The van der Waals surface area contributed by atoms with Gasteiger partial charge < -0.3 is 9.30 Å². The highest BCUT2D eigenvalue weighted by atomic mass is 35.5. The number of benzene rings is 1. The highest BCUT2D eigenvalue weighted by Crippen LogP contribution is 2.28. The van der Waals surface area contributed by atoms with Crippen molar-refractivity contribution in [3.8, 4) is 0 Å². The van der Waals surface area contributed by atoms with Gasteiger partial charge in [-0.05, 0) is 18.1 Å². The quantitative estimate of drug-likeness (QED) is 0.782. The van der Waals surface area contributed by atoms with Crippen molar-refractivity contribution in [3.63, 3.8) is 0 Å². The lowest BCUT2D eigenvalue weighted by Crippen LogP contribution is -2.22. The zero-order valence-electron chi connectivity index (χ0n) is 11.4. The van der Waals surface area contributed by atoms with Crippen LogP contribution in [0.1, 0.15) is 25.7 Å². The molecule has 0 N–H and O–H groups in total. The zero-order valence-corrected chi connectivity index (χ0v) is 12.1. The zero-order chi connectivity index (χ0) is 14.0. The Morgan fingerprint density at radius 2 is 2.16 bits per heavy atom. The third kappa shape index (κ3) is 2.60. The minimum absolute atomic E-state index is 0.0885. The smallest absolute Gasteiger partial charge is 0.151 e. The number of imidazole rings is 1. The number of nitrogens with zero attached hydrogens (tertiary/aromatic N) is 2. The van der Waals surface area contributed by atoms with E-state index < -0.39 is 0 Å². The van der Waals surface area contributed by atoms with Gasteiger partial charge in [0.15, 0.2) is 5.82 Å². The van der Waals surface area contributed by atoms with Gasteiger partial charge in [0.05, 0.1) is 24.0 Å². The molecule has 1 unspecified atom stereocenters. The van der Waals surface area contributed by atoms with Crippen molar-refractivity contribution in [2.45, 2.75) is 25.8 Å². The van der Waals surface area contributed by atoms with Gasteiger partial charge in [-0.15, -0.1) is 11.6 Å². The van der Waals surface area contributed by atoms with E-state index in [1.54, 1.807) is 13.2 Å². The van der Waals surface area contributed by atoms with Crippen molar-refractivity contribution in [1.82, 2.24) is 9.55 Å². The van der Waals surface area contributed by atoms with Gasteiger partial charge in [0.1, 0.15) is 11.3 Å². The largest absolute Gasteiger partial charge is 0.383 e. The molecule has 1 atom stereocenters. The molecule has 0 spiro atoms. The number of rotatable bonds is 5. The van der Waals surface area contributed by atoms with Crippen LogP contribution in [0.4, 0.5) is 4.39 Å². The summed E-state index contributed by atoms with van der Waals surface area (Å²) in [6.45, 7) is 4.75. The minimum atomic E-state index is -0.317. The molecule has 1 aromatic heterocycles. The van der Waals surface area contributed by atoms with Crippen LogP contribution >= 0.6 is 11.6 Å². The number of methoxy groups -OCH3 is 1. The first-order valence-electron chi connectivity index (χ1n) is 6.30. The molecule has 1 aromatic carbocycles. The number of hydrogen-bond acceptors (Lipinski definition) is 2. The van der Waals surface area contributed by atoms with E-state index in [-0.39, 0.29) is 17.7 Å². The lowest BCUT2D eigenvalue weighted by molar-refractivity contribution is 0.134. The van der Waals surface area contributed by atoms with Crippen molar-refractivity contribution in [2.24, 2.45) is 5.92 Å². The Kier molecular flexibility index (Phi) is 4.42. The van der Waals surface area contributed by atoms with Crippen molar-refractivity contribution in [2.75, 3.05) is 13.7 Å². The summed E-state index contributed by atoms with van der Waals surface area (Å²) in [5, 5.41) is 0. The van der Waals surface area contributed by atoms with Crippen molar-refractivity contribution < 1.29 is 9.13 Å². The Hall–Kier alpha value is -1.13.